The number of nitrogens with zero attached hydrogens (tertiary/aromatic N) is 3. The highest BCUT2D eigenvalue weighted by atomic mass is 16.2. The Kier molecular flexibility index (Phi) is 3.56. The fourth-order valence-corrected chi connectivity index (χ4v) is 2.11. The third-order valence-corrected chi connectivity index (χ3v) is 3.19. The molecule has 1 saturated heterocycles. The molecular formula is C12H18N4O. The summed E-state index contributed by atoms with van der Waals surface area (Å²) in [6, 6.07) is 0.307. The number of carbonyl (C=O) groups excluding carboxylic acids is 1. The van der Waals surface area contributed by atoms with E-state index in [2.05, 4.69) is 22.2 Å². The zero-order chi connectivity index (χ0) is 12.3. The van der Waals surface area contributed by atoms with Gasteiger partial charge in [-0.25, -0.2) is 9.97 Å². The predicted molar refractivity (Wildman–Crippen MR) is 65.9 cm³/mol. The van der Waals surface area contributed by atoms with E-state index in [4.69, 9.17) is 0 Å². The molecule has 2 heterocycles. The molecular weight excluding hydrogens is 216 g/mol. The maximum atomic E-state index is 12.2. The van der Waals surface area contributed by atoms with Crippen molar-refractivity contribution in [2.24, 2.45) is 0 Å². The SMILES string of the molecule is CNc1cnc(C(=O)N2CCCCC2C)cn1. The standard InChI is InChI=1S/C12H18N4O/c1-9-5-3-4-6-16(9)12(17)10-7-15-11(13-2)8-14-10/h7-9H,3-6H2,1-2H3,(H,13,15). The highest BCUT2D eigenvalue weighted by molar-refractivity contribution is 5.92. The Morgan fingerprint density at radius 1 is 1.41 bits per heavy atom. The minimum atomic E-state index is -0.00708. The van der Waals surface area contributed by atoms with E-state index in [1.165, 1.54) is 12.6 Å². The lowest BCUT2D eigenvalue weighted by Crippen LogP contribution is -2.42. The van der Waals surface area contributed by atoms with Crippen LogP contribution in [-0.4, -0.2) is 40.4 Å². The van der Waals surface area contributed by atoms with Gasteiger partial charge in [-0.05, 0) is 26.2 Å². The second-order valence-corrected chi connectivity index (χ2v) is 4.38. The third-order valence-electron chi connectivity index (χ3n) is 3.19. The third kappa shape index (κ3) is 2.54. The number of anilines is 1. The molecule has 5 heteroatoms. The summed E-state index contributed by atoms with van der Waals surface area (Å²) in [7, 11) is 1.78. The average Bonchev–Trinajstić information content (AvgIpc) is 2.39. The number of likely N-dealkylation sites (tertiary alicyclic amines) is 1. The van der Waals surface area contributed by atoms with Crippen LogP contribution < -0.4 is 5.32 Å². The van der Waals surface area contributed by atoms with Crippen molar-refractivity contribution < 1.29 is 4.79 Å². The van der Waals surface area contributed by atoms with Crippen molar-refractivity contribution in [3.63, 3.8) is 0 Å². The van der Waals surface area contributed by atoms with Gasteiger partial charge in [-0.15, -0.1) is 0 Å². The average molecular weight is 234 g/mol. The van der Waals surface area contributed by atoms with Gasteiger partial charge in [0.05, 0.1) is 12.4 Å². The van der Waals surface area contributed by atoms with Crippen LogP contribution in [0, 0.1) is 0 Å². The van der Waals surface area contributed by atoms with E-state index in [1.807, 2.05) is 4.90 Å². The number of carbonyl (C=O) groups is 1. The lowest BCUT2D eigenvalue weighted by Gasteiger charge is -2.33. The van der Waals surface area contributed by atoms with E-state index in [1.54, 1.807) is 13.2 Å². The molecule has 1 atom stereocenters. The summed E-state index contributed by atoms with van der Waals surface area (Å²) in [6.45, 7) is 2.92. The molecule has 1 aromatic heterocycles. The van der Waals surface area contributed by atoms with E-state index < -0.39 is 0 Å². The number of nitrogens with one attached hydrogen (secondary N) is 1. The molecule has 17 heavy (non-hydrogen) atoms. The quantitative estimate of drug-likeness (QED) is 0.843. The Labute approximate surface area is 101 Å². The molecule has 0 aromatic carbocycles. The van der Waals surface area contributed by atoms with Crippen LogP contribution in [0.4, 0.5) is 5.82 Å². The van der Waals surface area contributed by atoms with E-state index in [-0.39, 0.29) is 5.91 Å². The Balaban J connectivity index is 2.12. The number of aromatic nitrogens is 2. The minimum absolute atomic E-state index is 0.00708. The maximum absolute atomic E-state index is 12.2. The fraction of sp³-hybridized carbons (Fsp3) is 0.583. The van der Waals surface area contributed by atoms with E-state index in [0.717, 1.165) is 19.4 Å². The van der Waals surface area contributed by atoms with Gasteiger partial charge in [0.1, 0.15) is 11.5 Å². The first-order valence-corrected chi connectivity index (χ1v) is 6.03. The van der Waals surface area contributed by atoms with E-state index in [0.29, 0.717) is 17.6 Å². The van der Waals surface area contributed by atoms with Crippen molar-refractivity contribution >= 4 is 11.7 Å². The van der Waals surface area contributed by atoms with Crippen molar-refractivity contribution in [2.75, 3.05) is 18.9 Å². The second-order valence-electron chi connectivity index (χ2n) is 4.38. The van der Waals surface area contributed by atoms with Crippen LogP contribution in [0.2, 0.25) is 0 Å². The van der Waals surface area contributed by atoms with Crippen molar-refractivity contribution in [3.05, 3.63) is 18.1 Å². The van der Waals surface area contributed by atoms with Crippen LogP contribution >= 0.6 is 0 Å². The molecule has 0 aliphatic carbocycles. The summed E-state index contributed by atoms with van der Waals surface area (Å²) < 4.78 is 0. The van der Waals surface area contributed by atoms with Gasteiger partial charge in [-0.2, -0.15) is 0 Å². The highest BCUT2D eigenvalue weighted by Gasteiger charge is 2.25. The summed E-state index contributed by atoms with van der Waals surface area (Å²) in [6.07, 6.45) is 6.48. The van der Waals surface area contributed by atoms with Crippen LogP contribution in [0.5, 0.6) is 0 Å². The summed E-state index contributed by atoms with van der Waals surface area (Å²) in [5, 5.41) is 2.88. The molecule has 1 unspecified atom stereocenters. The Bertz CT molecular complexity index is 390. The summed E-state index contributed by atoms with van der Waals surface area (Å²) in [5.74, 6) is 0.667. The summed E-state index contributed by atoms with van der Waals surface area (Å²) >= 11 is 0. The van der Waals surface area contributed by atoms with Gasteiger partial charge in [0.25, 0.3) is 5.91 Å². The topological polar surface area (TPSA) is 58.1 Å². The molecule has 0 spiro atoms. The van der Waals surface area contributed by atoms with Crippen LogP contribution in [0.25, 0.3) is 0 Å². The number of piperidine rings is 1. The maximum Gasteiger partial charge on any atom is 0.274 e. The van der Waals surface area contributed by atoms with Crippen molar-refractivity contribution in [2.45, 2.75) is 32.2 Å². The van der Waals surface area contributed by atoms with Gasteiger partial charge in [0.2, 0.25) is 0 Å². The molecule has 1 amide bonds. The first kappa shape index (κ1) is 11.8. The molecule has 1 fully saturated rings. The van der Waals surface area contributed by atoms with Gasteiger partial charge in [-0.3, -0.25) is 4.79 Å². The van der Waals surface area contributed by atoms with Crippen molar-refractivity contribution in [1.82, 2.24) is 14.9 Å². The summed E-state index contributed by atoms with van der Waals surface area (Å²) in [5.41, 5.74) is 0.428. The van der Waals surface area contributed by atoms with Crippen LogP contribution in [-0.2, 0) is 0 Å². The number of rotatable bonds is 2. The lowest BCUT2D eigenvalue weighted by atomic mass is 10.0. The van der Waals surface area contributed by atoms with Gasteiger partial charge >= 0.3 is 0 Å². The second kappa shape index (κ2) is 5.12. The molecule has 0 bridgehead atoms. The van der Waals surface area contributed by atoms with Crippen LogP contribution in [0.15, 0.2) is 12.4 Å². The first-order chi connectivity index (χ1) is 8.22. The lowest BCUT2D eigenvalue weighted by molar-refractivity contribution is 0.0629. The number of hydrogen-bond donors (Lipinski definition) is 1. The Morgan fingerprint density at radius 3 is 2.82 bits per heavy atom. The van der Waals surface area contributed by atoms with Gasteiger partial charge in [0.15, 0.2) is 0 Å². The normalized spacial score (nSPS) is 20.1. The molecule has 5 nitrogen and oxygen atoms in total. The smallest absolute Gasteiger partial charge is 0.274 e. The molecule has 1 N–H and O–H groups in total. The van der Waals surface area contributed by atoms with Gasteiger partial charge in [0, 0.05) is 19.6 Å². The molecule has 1 aliphatic heterocycles. The highest BCUT2D eigenvalue weighted by Crippen LogP contribution is 2.18. The number of hydrogen-bond acceptors (Lipinski definition) is 4. The fourth-order valence-electron chi connectivity index (χ4n) is 2.11. The van der Waals surface area contributed by atoms with Gasteiger partial charge in [-0.1, -0.05) is 0 Å². The molecule has 2 rings (SSSR count). The molecule has 0 saturated carbocycles. The van der Waals surface area contributed by atoms with Gasteiger partial charge < -0.3 is 10.2 Å². The molecule has 1 aliphatic rings. The van der Waals surface area contributed by atoms with Crippen molar-refractivity contribution in [3.8, 4) is 0 Å². The largest absolute Gasteiger partial charge is 0.372 e. The molecule has 0 radical (unpaired) electrons. The van der Waals surface area contributed by atoms with E-state index in [9.17, 15) is 4.79 Å². The summed E-state index contributed by atoms with van der Waals surface area (Å²) in [4.78, 5) is 22.4. The molecule has 1 aromatic rings. The molecule has 92 valence electrons. The predicted octanol–water partition coefficient (Wildman–Crippen LogP) is 1.53. The van der Waals surface area contributed by atoms with Crippen LogP contribution in [0.1, 0.15) is 36.7 Å². The van der Waals surface area contributed by atoms with Crippen molar-refractivity contribution in [1.29, 1.82) is 0 Å². The zero-order valence-electron chi connectivity index (χ0n) is 10.3. The van der Waals surface area contributed by atoms with Crippen LogP contribution in [0.3, 0.4) is 0 Å². The minimum Gasteiger partial charge on any atom is -0.372 e. The zero-order valence-corrected chi connectivity index (χ0v) is 10.3. The Morgan fingerprint density at radius 2 is 2.24 bits per heavy atom. The monoisotopic (exact) mass is 234 g/mol. The Hall–Kier alpha value is -1.65. The van der Waals surface area contributed by atoms with E-state index >= 15 is 0 Å². The first-order valence-electron chi connectivity index (χ1n) is 6.03. The number of amides is 1.